The molecule has 0 saturated carbocycles. The Morgan fingerprint density at radius 3 is 3.06 bits per heavy atom. The first-order valence-electron chi connectivity index (χ1n) is 5.11. The summed E-state index contributed by atoms with van der Waals surface area (Å²) in [7, 11) is 0. The van der Waals surface area contributed by atoms with E-state index in [1.54, 1.807) is 0 Å². The van der Waals surface area contributed by atoms with E-state index in [1.165, 1.54) is 0 Å². The fourth-order valence-electron chi connectivity index (χ4n) is 1.86. The molecule has 0 radical (unpaired) electrons. The molecule has 1 aliphatic rings. The third kappa shape index (κ3) is 1.61. The monoisotopic (exact) mass is 290 g/mol. The molecule has 2 aromatic rings. The molecule has 1 aromatic heterocycles. The molecule has 4 nitrogen and oxygen atoms in total. The van der Waals surface area contributed by atoms with Gasteiger partial charge in [-0.3, -0.25) is 0 Å². The highest BCUT2D eigenvalue weighted by molar-refractivity contribution is 9.10. The van der Waals surface area contributed by atoms with Crippen molar-refractivity contribution in [3.8, 4) is 23.1 Å². The Morgan fingerprint density at radius 2 is 2.29 bits per heavy atom. The van der Waals surface area contributed by atoms with Crippen LogP contribution in [-0.2, 0) is 6.42 Å². The topological polar surface area (TPSA) is 59.0 Å². The van der Waals surface area contributed by atoms with Crippen LogP contribution in [0.1, 0.15) is 11.3 Å². The lowest BCUT2D eigenvalue weighted by Crippen LogP contribution is -1.85. The summed E-state index contributed by atoms with van der Waals surface area (Å²) in [6, 6.07) is 7.78. The van der Waals surface area contributed by atoms with Crippen LogP contribution in [0.2, 0.25) is 0 Å². The van der Waals surface area contributed by atoms with E-state index >= 15 is 0 Å². The number of benzene rings is 1. The molecule has 0 atom stereocenters. The number of fused-ring (bicyclic) bond motifs is 1. The second-order valence-corrected chi connectivity index (χ2v) is 4.50. The Labute approximate surface area is 106 Å². The Kier molecular flexibility index (Phi) is 2.37. The predicted molar refractivity (Wildman–Crippen MR) is 63.6 cm³/mol. The molecular formula is C12H7BrN2O2. The molecule has 0 unspecified atom stereocenters. The van der Waals surface area contributed by atoms with Gasteiger partial charge in [0.15, 0.2) is 11.5 Å². The lowest BCUT2D eigenvalue weighted by atomic mass is 10.1. The van der Waals surface area contributed by atoms with Gasteiger partial charge in [0.2, 0.25) is 0 Å². The molecular weight excluding hydrogens is 284 g/mol. The fourth-order valence-corrected chi connectivity index (χ4v) is 2.32. The summed E-state index contributed by atoms with van der Waals surface area (Å²) in [5.74, 6) is 1.50. The molecule has 1 aliphatic heterocycles. The summed E-state index contributed by atoms with van der Waals surface area (Å²) >= 11 is 3.32. The molecule has 0 saturated heterocycles. The first-order chi connectivity index (χ1) is 8.29. The van der Waals surface area contributed by atoms with Gasteiger partial charge in [-0.1, -0.05) is 5.16 Å². The molecule has 0 aliphatic carbocycles. The highest BCUT2D eigenvalue weighted by Crippen LogP contribution is 2.35. The smallest absolute Gasteiger partial charge is 0.198 e. The van der Waals surface area contributed by atoms with Crippen molar-refractivity contribution < 1.29 is 9.26 Å². The summed E-state index contributed by atoms with van der Waals surface area (Å²) in [6.45, 7) is 0.722. The second-order valence-electron chi connectivity index (χ2n) is 3.71. The van der Waals surface area contributed by atoms with Crippen molar-refractivity contribution in [2.75, 3.05) is 6.61 Å². The van der Waals surface area contributed by atoms with Gasteiger partial charge in [-0.25, -0.2) is 0 Å². The Bertz CT molecular complexity index is 628. The summed E-state index contributed by atoms with van der Waals surface area (Å²) < 4.78 is 11.2. The minimum atomic E-state index is 0.261. The van der Waals surface area contributed by atoms with Gasteiger partial charge < -0.3 is 9.26 Å². The van der Waals surface area contributed by atoms with Gasteiger partial charge in [0.05, 0.1) is 6.61 Å². The van der Waals surface area contributed by atoms with Crippen LogP contribution in [0.4, 0.5) is 0 Å². The van der Waals surface area contributed by atoms with E-state index in [0.717, 1.165) is 29.9 Å². The first-order valence-corrected chi connectivity index (χ1v) is 5.90. The molecule has 0 amide bonds. The lowest BCUT2D eigenvalue weighted by molar-refractivity contribution is 0.357. The average Bonchev–Trinajstić information content (AvgIpc) is 2.94. The van der Waals surface area contributed by atoms with Gasteiger partial charge in [0, 0.05) is 12.0 Å². The fraction of sp³-hybridized carbons (Fsp3) is 0.167. The molecule has 2 heterocycles. The maximum atomic E-state index is 8.81. The zero-order valence-electron chi connectivity index (χ0n) is 8.74. The molecule has 0 bridgehead atoms. The van der Waals surface area contributed by atoms with E-state index in [9.17, 15) is 0 Å². The highest BCUT2D eigenvalue weighted by Gasteiger charge is 2.18. The summed E-state index contributed by atoms with van der Waals surface area (Å²) in [5, 5.41) is 12.5. The molecule has 84 valence electrons. The molecule has 17 heavy (non-hydrogen) atoms. The molecule has 5 heteroatoms. The number of hydrogen-bond donors (Lipinski definition) is 0. The minimum Gasteiger partial charge on any atom is -0.493 e. The van der Waals surface area contributed by atoms with Gasteiger partial charge in [-0.2, -0.15) is 5.26 Å². The van der Waals surface area contributed by atoms with Crippen molar-refractivity contribution in [2.45, 2.75) is 6.42 Å². The Hall–Kier alpha value is -1.80. The summed E-state index contributed by atoms with van der Waals surface area (Å²) in [4.78, 5) is 0. The summed E-state index contributed by atoms with van der Waals surface area (Å²) in [6.07, 6.45) is 0.903. The summed E-state index contributed by atoms with van der Waals surface area (Å²) in [5.41, 5.74) is 2.32. The molecule has 1 aromatic carbocycles. The molecule has 3 rings (SSSR count). The van der Waals surface area contributed by atoms with Gasteiger partial charge in [0.1, 0.15) is 16.3 Å². The van der Waals surface area contributed by atoms with Crippen molar-refractivity contribution in [1.82, 2.24) is 5.16 Å². The van der Waals surface area contributed by atoms with Crippen molar-refractivity contribution in [2.24, 2.45) is 0 Å². The van der Waals surface area contributed by atoms with Crippen molar-refractivity contribution >= 4 is 15.9 Å². The Balaban J connectivity index is 2.10. The Morgan fingerprint density at radius 1 is 1.41 bits per heavy atom. The standard InChI is InChI=1S/C12H7BrN2O2/c13-11-9(6-14)15-17-12(11)8-1-2-10-7(5-8)3-4-16-10/h1-2,5H,3-4H2. The molecule has 0 fully saturated rings. The van der Waals surface area contributed by atoms with Crippen molar-refractivity contribution in [1.29, 1.82) is 5.26 Å². The van der Waals surface area contributed by atoms with Crippen molar-refractivity contribution in [3.63, 3.8) is 0 Å². The first kappa shape index (κ1) is 10.4. The largest absolute Gasteiger partial charge is 0.493 e. The minimum absolute atomic E-state index is 0.261. The third-order valence-corrected chi connectivity index (χ3v) is 3.43. The van der Waals surface area contributed by atoms with Gasteiger partial charge >= 0.3 is 0 Å². The number of aromatic nitrogens is 1. The van der Waals surface area contributed by atoms with Crippen LogP contribution in [0.15, 0.2) is 27.2 Å². The SMILES string of the molecule is N#Cc1noc(-c2ccc3c(c2)CCO3)c1Br. The van der Waals surface area contributed by atoms with Crippen LogP contribution in [0.5, 0.6) is 5.75 Å². The van der Waals surface area contributed by atoms with E-state index < -0.39 is 0 Å². The molecule has 0 N–H and O–H groups in total. The van der Waals surface area contributed by atoms with E-state index in [4.69, 9.17) is 14.5 Å². The van der Waals surface area contributed by atoms with Crippen LogP contribution in [0, 0.1) is 11.3 Å². The number of ether oxygens (including phenoxy) is 1. The number of nitrogens with zero attached hydrogens (tertiary/aromatic N) is 2. The quantitative estimate of drug-likeness (QED) is 0.810. The zero-order valence-corrected chi connectivity index (χ0v) is 10.3. The van der Waals surface area contributed by atoms with Gasteiger partial charge in [-0.05, 0) is 39.7 Å². The number of nitriles is 1. The third-order valence-electron chi connectivity index (χ3n) is 2.69. The second kappa shape index (κ2) is 3.90. The number of rotatable bonds is 1. The maximum Gasteiger partial charge on any atom is 0.198 e. The van der Waals surface area contributed by atoms with Crippen LogP contribution < -0.4 is 4.74 Å². The number of halogens is 1. The highest BCUT2D eigenvalue weighted by atomic mass is 79.9. The zero-order chi connectivity index (χ0) is 11.8. The van der Waals surface area contributed by atoms with Crippen LogP contribution in [0.25, 0.3) is 11.3 Å². The van der Waals surface area contributed by atoms with E-state index in [0.29, 0.717) is 10.2 Å². The van der Waals surface area contributed by atoms with E-state index in [1.807, 2.05) is 24.3 Å². The van der Waals surface area contributed by atoms with Crippen LogP contribution in [-0.4, -0.2) is 11.8 Å². The van der Waals surface area contributed by atoms with Crippen molar-refractivity contribution in [3.05, 3.63) is 33.9 Å². The van der Waals surface area contributed by atoms with Crippen LogP contribution >= 0.6 is 15.9 Å². The van der Waals surface area contributed by atoms with E-state index in [2.05, 4.69) is 21.1 Å². The normalized spacial score (nSPS) is 12.9. The number of hydrogen-bond acceptors (Lipinski definition) is 4. The predicted octanol–water partition coefficient (Wildman–Crippen LogP) is 2.91. The maximum absolute atomic E-state index is 8.81. The van der Waals surface area contributed by atoms with Gasteiger partial charge in [-0.15, -0.1) is 0 Å². The van der Waals surface area contributed by atoms with E-state index in [-0.39, 0.29) is 5.69 Å². The molecule has 0 spiro atoms. The lowest BCUT2D eigenvalue weighted by Gasteiger charge is -2.01. The van der Waals surface area contributed by atoms with Gasteiger partial charge in [0.25, 0.3) is 0 Å². The van der Waals surface area contributed by atoms with Crippen LogP contribution in [0.3, 0.4) is 0 Å². The average molecular weight is 291 g/mol.